The molecule has 0 radical (unpaired) electrons. The van der Waals surface area contributed by atoms with Crippen LogP contribution in [-0.4, -0.2) is 27.0 Å². The van der Waals surface area contributed by atoms with Crippen LogP contribution in [0.2, 0.25) is 0 Å². The molecule has 1 heterocycles. The Morgan fingerprint density at radius 2 is 2.42 bits per heavy atom. The summed E-state index contributed by atoms with van der Waals surface area (Å²) in [7, 11) is 0. The van der Waals surface area contributed by atoms with Crippen LogP contribution in [0.4, 0.5) is 11.5 Å². The lowest BCUT2D eigenvalue weighted by Gasteiger charge is -2.15. The number of anilines is 1. The Hall–Kier alpha value is -2.69. The van der Waals surface area contributed by atoms with Crippen molar-refractivity contribution in [2.24, 2.45) is 0 Å². The molecule has 100 valence electrons. The zero-order chi connectivity index (χ0) is 14.4. The lowest BCUT2D eigenvalue weighted by molar-refractivity contribution is -0.384. The second-order valence-corrected chi connectivity index (χ2v) is 3.81. The first-order chi connectivity index (χ1) is 8.97. The van der Waals surface area contributed by atoms with Gasteiger partial charge >= 0.3 is 11.7 Å². The summed E-state index contributed by atoms with van der Waals surface area (Å²) >= 11 is 0. The molecule has 0 bridgehead atoms. The van der Waals surface area contributed by atoms with Crippen molar-refractivity contribution in [3.63, 3.8) is 0 Å². The molecule has 2 N–H and O–H groups in total. The molecule has 0 aliphatic heterocycles. The molecule has 0 aliphatic carbocycles. The molecular formula is C11H12N4O4. The number of hydrogen-bond donors (Lipinski definition) is 2. The van der Waals surface area contributed by atoms with Crippen LogP contribution >= 0.6 is 0 Å². The van der Waals surface area contributed by atoms with Gasteiger partial charge < -0.3 is 10.4 Å². The monoisotopic (exact) mass is 264 g/mol. The van der Waals surface area contributed by atoms with Crippen molar-refractivity contribution in [1.29, 1.82) is 5.26 Å². The van der Waals surface area contributed by atoms with Gasteiger partial charge in [0.05, 0.1) is 16.9 Å². The molecule has 0 fully saturated rings. The van der Waals surface area contributed by atoms with Crippen LogP contribution in [0, 0.1) is 21.4 Å². The van der Waals surface area contributed by atoms with Gasteiger partial charge in [0.25, 0.3) is 0 Å². The number of aromatic nitrogens is 1. The lowest BCUT2D eigenvalue weighted by atomic mass is 10.1. The van der Waals surface area contributed by atoms with Gasteiger partial charge in [0, 0.05) is 18.3 Å². The minimum atomic E-state index is -1.00. The Bertz CT molecular complexity index is 538. The number of carbonyl (C=O) groups is 1. The van der Waals surface area contributed by atoms with Gasteiger partial charge in [-0.2, -0.15) is 5.26 Å². The maximum atomic E-state index is 10.9. The van der Waals surface area contributed by atoms with Gasteiger partial charge in [0.1, 0.15) is 6.07 Å². The molecule has 0 saturated carbocycles. The molecule has 8 nitrogen and oxygen atoms in total. The zero-order valence-corrected chi connectivity index (χ0v) is 10.2. The van der Waals surface area contributed by atoms with Gasteiger partial charge in [0.2, 0.25) is 5.82 Å². The lowest BCUT2D eigenvalue weighted by Crippen LogP contribution is -2.23. The van der Waals surface area contributed by atoms with E-state index in [0.29, 0.717) is 6.42 Å². The summed E-state index contributed by atoms with van der Waals surface area (Å²) in [6, 6.07) is 2.40. The molecule has 0 saturated heterocycles. The summed E-state index contributed by atoms with van der Waals surface area (Å²) in [5.74, 6) is -1.03. The van der Waals surface area contributed by atoms with Crippen LogP contribution < -0.4 is 5.32 Å². The predicted octanol–water partition coefficient (Wildman–Crippen LogP) is 1.53. The van der Waals surface area contributed by atoms with Crippen molar-refractivity contribution >= 4 is 17.5 Å². The van der Waals surface area contributed by atoms with Gasteiger partial charge in [-0.3, -0.25) is 14.9 Å². The van der Waals surface area contributed by atoms with E-state index in [2.05, 4.69) is 10.3 Å². The Kier molecular flexibility index (Phi) is 4.76. The highest BCUT2D eigenvalue weighted by atomic mass is 16.6. The molecule has 1 aromatic rings. The second-order valence-electron chi connectivity index (χ2n) is 3.81. The first kappa shape index (κ1) is 14.4. The van der Waals surface area contributed by atoms with E-state index >= 15 is 0 Å². The predicted molar refractivity (Wildman–Crippen MR) is 65.6 cm³/mol. The first-order valence-electron chi connectivity index (χ1n) is 5.50. The SMILES string of the molecule is CCC(CC(=O)O)Nc1ncc(C#N)cc1[N+](=O)[O-]. The summed E-state index contributed by atoms with van der Waals surface area (Å²) in [6.45, 7) is 1.76. The van der Waals surface area contributed by atoms with Crippen molar-refractivity contribution in [1.82, 2.24) is 4.98 Å². The molecule has 1 atom stereocenters. The third kappa shape index (κ3) is 3.92. The second kappa shape index (κ2) is 6.30. The fourth-order valence-electron chi connectivity index (χ4n) is 1.47. The van der Waals surface area contributed by atoms with E-state index < -0.39 is 16.9 Å². The van der Waals surface area contributed by atoms with E-state index in [4.69, 9.17) is 10.4 Å². The van der Waals surface area contributed by atoms with Crippen molar-refractivity contribution < 1.29 is 14.8 Å². The number of aliphatic carboxylic acids is 1. The van der Waals surface area contributed by atoms with E-state index in [-0.39, 0.29) is 23.5 Å². The number of nitro groups is 1. The summed E-state index contributed by atoms with van der Waals surface area (Å²) in [4.78, 5) is 24.7. The smallest absolute Gasteiger partial charge is 0.312 e. The van der Waals surface area contributed by atoms with Gasteiger partial charge in [-0.1, -0.05) is 6.92 Å². The number of carboxylic acid groups (broad SMARTS) is 1. The number of rotatable bonds is 6. The normalized spacial score (nSPS) is 11.4. The highest BCUT2D eigenvalue weighted by molar-refractivity contribution is 5.69. The highest BCUT2D eigenvalue weighted by Gasteiger charge is 2.20. The maximum absolute atomic E-state index is 10.9. The van der Waals surface area contributed by atoms with Crippen LogP contribution in [0.3, 0.4) is 0 Å². The Balaban J connectivity index is 3.03. The van der Waals surface area contributed by atoms with E-state index in [0.717, 1.165) is 6.07 Å². The fraction of sp³-hybridized carbons (Fsp3) is 0.364. The van der Waals surface area contributed by atoms with Crippen LogP contribution in [0.1, 0.15) is 25.3 Å². The average molecular weight is 264 g/mol. The number of nitriles is 1. The Morgan fingerprint density at radius 1 is 1.74 bits per heavy atom. The van der Waals surface area contributed by atoms with E-state index in [1.165, 1.54) is 6.20 Å². The average Bonchev–Trinajstić information content (AvgIpc) is 2.37. The molecule has 0 amide bonds. The molecule has 1 rings (SSSR count). The third-order valence-electron chi connectivity index (χ3n) is 2.45. The summed E-state index contributed by atoms with van der Waals surface area (Å²) in [5, 5.41) is 31.0. The first-order valence-corrected chi connectivity index (χ1v) is 5.50. The molecule has 1 aromatic heterocycles. The van der Waals surface area contributed by atoms with E-state index in [1.807, 2.05) is 0 Å². The summed E-state index contributed by atoms with van der Waals surface area (Å²) < 4.78 is 0. The van der Waals surface area contributed by atoms with Crippen molar-refractivity contribution in [3.8, 4) is 6.07 Å². The van der Waals surface area contributed by atoms with Gasteiger partial charge in [-0.15, -0.1) is 0 Å². The third-order valence-corrected chi connectivity index (χ3v) is 2.45. The highest BCUT2D eigenvalue weighted by Crippen LogP contribution is 2.24. The Labute approximate surface area is 108 Å². The van der Waals surface area contributed by atoms with Crippen molar-refractivity contribution in [3.05, 3.63) is 27.9 Å². The number of carboxylic acids is 1. The van der Waals surface area contributed by atoms with Crippen molar-refractivity contribution in [2.75, 3.05) is 5.32 Å². The van der Waals surface area contributed by atoms with Gasteiger partial charge in [-0.05, 0) is 6.42 Å². The topological polar surface area (TPSA) is 129 Å². The molecular weight excluding hydrogens is 252 g/mol. The zero-order valence-electron chi connectivity index (χ0n) is 10.2. The van der Waals surface area contributed by atoms with Crippen LogP contribution in [0.5, 0.6) is 0 Å². The molecule has 19 heavy (non-hydrogen) atoms. The molecule has 0 spiro atoms. The standard InChI is InChI=1S/C11H12N4O4/c1-2-8(4-10(16)17)14-11-9(15(18)19)3-7(5-12)6-13-11/h3,6,8H,2,4H2,1H3,(H,13,14)(H,16,17). The molecule has 8 heteroatoms. The fourth-order valence-corrected chi connectivity index (χ4v) is 1.47. The minimum absolute atomic E-state index is 0.0305. The van der Waals surface area contributed by atoms with Crippen LogP contribution in [0.15, 0.2) is 12.3 Å². The number of hydrogen-bond acceptors (Lipinski definition) is 6. The number of nitrogens with zero attached hydrogens (tertiary/aromatic N) is 3. The van der Waals surface area contributed by atoms with Gasteiger partial charge in [-0.25, -0.2) is 4.98 Å². The maximum Gasteiger partial charge on any atom is 0.312 e. The molecule has 1 unspecified atom stereocenters. The Morgan fingerprint density at radius 3 is 2.89 bits per heavy atom. The van der Waals surface area contributed by atoms with Crippen molar-refractivity contribution in [2.45, 2.75) is 25.8 Å². The summed E-state index contributed by atoms with van der Waals surface area (Å²) in [6.07, 6.45) is 1.50. The number of nitrogens with one attached hydrogen (secondary N) is 1. The van der Waals surface area contributed by atoms with Gasteiger partial charge in [0.15, 0.2) is 0 Å². The van der Waals surface area contributed by atoms with Crippen LogP contribution in [0.25, 0.3) is 0 Å². The molecule has 0 aromatic carbocycles. The van der Waals surface area contributed by atoms with Crippen LogP contribution in [-0.2, 0) is 4.79 Å². The quantitative estimate of drug-likeness (QED) is 0.588. The largest absolute Gasteiger partial charge is 0.481 e. The number of pyridine rings is 1. The molecule has 0 aliphatic rings. The summed E-state index contributed by atoms with van der Waals surface area (Å²) in [5.41, 5.74) is -0.272. The van der Waals surface area contributed by atoms with E-state index in [9.17, 15) is 14.9 Å². The van der Waals surface area contributed by atoms with E-state index in [1.54, 1.807) is 13.0 Å². The minimum Gasteiger partial charge on any atom is -0.481 e.